The predicted molar refractivity (Wildman–Crippen MR) is 108 cm³/mol. The molecule has 1 amide bonds. The highest BCUT2D eigenvalue weighted by Crippen LogP contribution is 2.23. The number of hydrogen-bond donors (Lipinski definition) is 2. The van der Waals surface area contributed by atoms with Gasteiger partial charge in [0.2, 0.25) is 0 Å². The van der Waals surface area contributed by atoms with Gasteiger partial charge in [-0.3, -0.25) is 9.59 Å². The molecule has 0 unspecified atom stereocenters. The first-order valence-electron chi connectivity index (χ1n) is 9.82. The lowest BCUT2D eigenvalue weighted by atomic mass is 9.89. The molecule has 2 aromatic carbocycles. The van der Waals surface area contributed by atoms with Crippen LogP contribution in [-0.4, -0.2) is 17.7 Å². The Hall–Kier alpha value is -2.46. The molecule has 0 saturated heterocycles. The van der Waals surface area contributed by atoms with Crippen LogP contribution in [0, 0.1) is 0 Å². The van der Waals surface area contributed by atoms with Crippen LogP contribution < -0.4 is 10.6 Å². The van der Waals surface area contributed by atoms with Gasteiger partial charge in [0.05, 0.1) is 0 Å². The van der Waals surface area contributed by atoms with Gasteiger partial charge < -0.3 is 10.6 Å². The van der Waals surface area contributed by atoms with E-state index in [4.69, 9.17) is 0 Å². The van der Waals surface area contributed by atoms with Crippen molar-refractivity contribution in [3.63, 3.8) is 0 Å². The standard InChI is InChI=1S/C23H28N2O2/c1-15(20-9-8-19-6-4-5-7-21(19)14-20)24-16(2)23(27)25-22-12-10-18(11-13-22)17(3)26/h8-16,24H,4-7H2,1-3H3,(H,25,27)/p+1/t15-,16+/m0/s1. The average Bonchev–Trinajstić information content (AvgIpc) is 2.67. The van der Waals surface area contributed by atoms with Crippen molar-refractivity contribution < 1.29 is 14.9 Å². The summed E-state index contributed by atoms with van der Waals surface area (Å²) < 4.78 is 0. The average molecular weight is 365 g/mol. The fourth-order valence-electron chi connectivity index (χ4n) is 3.71. The van der Waals surface area contributed by atoms with E-state index in [1.165, 1.54) is 49.3 Å². The minimum atomic E-state index is -0.205. The minimum Gasteiger partial charge on any atom is -0.330 e. The number of benzene rings is 2. The van der Waals surface area contributed by atoms with Gasteiger partial charge in [-0.1, -0.05) is 12.1 Å². The Kier molecular flexibility index (Phi) is 6.07. The molecule has 3 rings (SSSR count). The zero-order chi connectivity index (χ0) is 19.4. The molecular weight excluding hydrogens is 336 g/mol. The van der Waals surface area contributed by atoms with Crippen molar-refractivity contribution in [2.45, 2.75) is 58.5 Å². The molecule has 4 heteroatoms. The van der Waals surface area contributed by atoms with Crippen molar-refractivity contribution in [2.24, 2.45) is 0 Å². The van der Waals surface area contributed by atoms with E-state index < -0.39 is 0 Å². The molecule has 0 saturated carbocycles. The molecule has 0 radical (unpaired) electrons. The number of aryl methyl sites for hydroxylation is 2. The molecule has 4 nitrogen and oxygen atoms in total. The Balaban J connectivity index is 1.59. The number of rotatable bonds is 6. The highest BCUT2D eigenvalue weighted by atomic mass is 16.2. The molecule has 2 atom stereocenters. The number of fused-ring (bicyclic) bond motifs is 1. The summed E-state index contributed by atoms with van der Waals surface area (Å²) >= 11 is 0. The second-order valence-electron chi connectivity index (χ2n) is 7.63. The maximum atomic E-state index is 12.5. The van der Waals surface area contributed by atoms with Gasteiger partial charge in [0.25, 0.3) is 5.91 Å². The third-order valence-corrected chi connectivity index (χ3v) is 5.45. The van der Waals surface area contributed by atoms with E-state index in [9.17, 15) is 9.59 Å². The van der Waals surface area contributed by atoms with Crippen molar-refractivity contribution in [3.8, 4) is 0 Å². The number of carbonyl (C=O) groups is 2. The molecule has 0 aliphatic heterocycles. The molecule has 27 heavy (non-hydrogen) atoms. The minimum absolute atomic E-state index is 0.0217. The highest BCUT2D eigenvalue weighted by Gasteiger charge is 2.21. The van der Waals surface area contributed by atoms with Crippen LogP contribution in [0.3, 0.4) is 0 Å². The van der Waals surface area contributed by atoms with Crippen LogP contribution in [0.5, 0.6) is 0 Å². The van der Waals surface area contributed by atoms with Gasteiger partial charge in [-0.25, -0.2) is 0 Å². The number of hydrogen-bond acceptors (Lipinski definition) is 2. The van der Waals surface area contributed by atoms with Crippen LogP contribution in [0.25, 0.3) is 0 Å². The molecule has 3 N–H and O–H groups in total. The molecule has 0 bridgehead atoms. The van der Waals surface area contributed by atoms with Crippen LogP contribution >= 0.6 is 0 Å². The molecule has 142 valence electrons. The first kappa shape index (κ1) is 19.3. The molecular formula is C23H29N2O2+. The lowest BCUT2D eigenvalue weighted by molar-refractivity contribution is -0.709. The Morgan fingerprint density at radius 3 is 2.30 bits per heavy atom. The molecule has 0 aromatic heterocycles. The number of amides is 1. The van der Waals surface area contributed by atoms with E-state index in [1.54, 1.807) is 24.3 Å². The molecule has 1 aliphatic rings. The van der Waals surface area contributed by atoms with Gasteiger partial charge in [0.15, 0.2) is 11.8 Å². The Morgan fingerprint density at radius 1 is 0.963 bits per heavy atom. The van der Waals surface area contributed by atoms with Crippen molar-refractivity contribution >= 4 is 17.4 Å². The van der Waals surface area contributed by atoms with Crippen LogP contribution in [0.15, 0.2) is 42.5 Å². The van der Waals surface area contributed by atoms with Gasteiger partial charge in [-0.05, 0) is 87.9 Å². The fraction of sp³-hybridized carbons (Fsp3) is 0.391. The topological polar surface area (TPSA) is 62.8 Å². The highest BCUT2D eigenvalue weighted by molar-refractivity contribution is 5.96. The smallest absolute Gasteiger partial charge is 0.282 e. The molecule has 0 fully saturated rings. The zero-order valence-corrected chi connectivity index (χ0v) is 16.4. The maximum Gasteiger partial charge on any atom is 0.282 e. The van der Waals surface area contributed by atoms with Gasteiger partial charge in [0.1, 0.15) is 6.04 Å². The lowest BCUT2D eigenvalue weighted by Gasteiger charge is -2.20. The van der Waals surface area contributed by atoms with E-state index in [0.29, 0.717) is 11.3 Å². The summed E-state index contributed by atoms with van der Waals surface area (Å²) in [5.41, 5.74) is 5.60. The summed E-state index contributed by atoms with van der Waals surface area (Å²) in [7, 11) is 0. The summed E-state index contributed by atoms with van der Waals surface area (Å²) in [4.78, 5) is 23.9. The van der Waals surface area contributed by atoms with E-state index in [1.807, 2.05) is 6.92 Å². The van der Waals surface area contributed by atoms with Crippen molar-refractivity contribution in [3.05, 3.63) is 64.7 Å². The Bertz CT molecular complexity index is 827. The summed E-state index contributed by atoms with van der Waals surface area (Å²) in [5, 5.41) is 5.03. The number of nitrogens with two attached hydrogens (primary N) is 1. The number of ketones is 1. The molecule has 1 aliphatic carbocycles. The zero-order valence-electron chi connectivity index (χ0n) is 16.4. The van der Waals surface area contributed by atoms with Crippen LogP contribution in [0.2, 0.25) is 0 Å². The van der Waals surface area contributed by atoms with Gasteiger partial charge in [-0.2, -0.15) is 0 Å². The summed E-state index contributed by atoms with van der Waals surface area (Å²) in [6, 6.07) is 13.8. The fourth-order valence-corrected chi connectivity index (χ4v) is 3.71. The third kappa shape index (κ3) is 4.83. The first-order chi connectivity index (χ1) is 12.9. The second-order valence-corrected chi connectivity index (χ2v) is 7.63. The third-order valence-electron chi connectivity index (χ3n) is 5.45. The Morgan fingerprint density at radius 2 is 1.63 bits per heavy atom. The van der Waals surface area contributed by atoms with Gasteiger partial charge >= 0.3 is 0 Å². The van der Waals surface area contributed by atoms with Gasteiger partial charge in [0, 0.05) is 16.8 Å². The molecule has 0 heterocycles. The van der Waals surface area contributed by atoms with E-state index in [-0.39, 0.29) is 23.8 Å². The van der Waals surface area contributed by atoms with E-state index in [0.717, 1.165) is 0 Å². The number of carbonyl (C=O) groups excluding carboxylic acids is 2. The molecule has 2 aromatic rings. The normalized spacial score (nSPS) is 15.5. The summed E-state index contributed by atoms with van der Waals surface area (Å²) in [6.07, 6.45) is 4.92. The maximum absolute atomic E-state index is 12.5. The lowest BCUT2D eigenvalue weighted by Crippen LogP contribution is -2.91. The van der Waals surface area contributed by atoms with Crippen LogP contribution in [0.1, 0.15) is 66.7 Å². The summed E-state index contributed by atoms with van der Waals surface area (Å²) in [5.74, 6) is -0.0103. The summed E-state index contributed by atoms with van der Waals surface area (Å²) in [6.45, 7) is 5.61. The van der Waals surface area contributed by atoms with Crippen molar-refractivity contribution in [1.82, 2.24) is 0 Å². The number of Topliss-reactive ketones (excluding diaryl/α,β-unsaturated/α-hetero) is 1. The second kappa shape index (κ2) is 8.49. The first-order valence-corrected chi connectivity index (χ1v) is 9.82. The van der Waals surface area contributed by atoms with Crippen molar-refractivity contribution in [2.75, 3.05) is 5.32 Å². The largest absolute Gasteiger partial charge is 0.330 e. The quantitative estimate of drug-likeness (QED) is 0.771. The van der Waals surface area contributed by atoms with Crippen molar-refractivity contribution in [1.29, 1.82) is 0 Å². The van der Waals surface area contributed by atoms with E-state index >= 15 is 0 Å². The monoisotopic (exact) mass is 365 g/mol. The number of anilines is 1. The van der Waals surface area contributed by atoms with Crippen LogP contribution in [0.4, 0.5) is 5.69 Å². The molecule has 0 spiro atoms. The van der Waals surface area contributed by atoms with Gasteiger partial charge in [-0.15, -0.1) is 0 Å². The predicted octanol–water partition coefficient (Wildman–Crippen LogP) is 3.42. The Labute approximate surface area is 161 Å². The van der Waals surface area contributed by atoms with E-state index in [2.05, 4.69) is 35.8 Å². The number of quaternary nitrogens is 1. The number of nitrogens with one attached hydrogen (secondary N) is 1. The van der Waals surface area contributed by atoms with Crippen LogP contribution in [-0.2, 0) is 17.6 Å². The SMILES string of the molecule is CC(=O)c1ccc(NC(=O)[C@@H](C)[NH2+][C@@H](C)c2ccc3c(c2)CCCC3)cc1.